The van der Waals surface area contributed by atoms with Gasteiger partial charge in [0.25, 0.3) is 11.6 Å². The van der Waals surface area contributed by atoms with E-state index in [0.29, 0.717) is 5.89 Å². The van der Waals surface area contributed by atoms with E-state index in [1.165, 1.54) is 29.2 Å². The molecule has 1 aromatic heterocycles. The highest BCUT2D eigenvalue weighted by molar-refractivity contribution is 5.94. The number of carbonyl (C=O) groups is 1. The minimum atomic E-state index is -0.541. The van der Waals surface area contributed by atoms with Crippen LogP contribution < -0.4 is 0 Å². The number of non-ortho nitro benzene ring substituents is 1. The molecule has 126 valence electrons. The van der Waals surface area contributed by atoms with E-state index in [1.54, 1.807) is 7.05 Å². The highest BCUT2D eigenvalue weighted by Gasteiger charge is 2.18. The van der Waals surface area contributed by atoms with Crippen LogP contribution in [0.5, 0.6) is 0 Å². The molecule has 3 aromatic rings. The Morgan fingerprint density at radius 3 is 2.64 bits per heavy atom. The molecular weight excluding hydrogens is 324 g/mol. The standard InChI is InChI=1S/C17H14N4O4/c1-20(17(22)13-8-5-9-14(10-13)21(23)24)11-15-18-19-16(25-15)12-6-3-2-4-7-12/h2-10H,11H2,1H3. The third-order valence-electron chi connectivity index (χ3n) is 3.51. The summed E-state index contributed by atoms with van der Waals surface area (Å²) in [5.41, 5.74) is 0.872. The van der Waals surface area contributed by atoms with Gasteiger partial charge in [0.15, 0.2) is 0 Å². The fourth-order valence-electron chi connectivity index (χ4n) is 2.26. The zero-order valence-electron chi connectivity index (χ0n) is 13.3. The summed E-state index contributed by atoms with van der Waals surface area (Å²) >= 11 is 0. The number of benzene rings is 2. The minimum absolute atomic E-state index is 0.0986. The van der Waals surface area contributed by atoms with E-state index in [2.05, 4.69) is 10.2 Å². The smallest absolute Gasteiger partial charge is 0.270 e. The zero-order valence-corrected chi connectivity index (χ0v) is 13.3. The van der Waals surface area contributed by atoms with Crippen molar-refractivity contribution in [3.63, 3.8) is 0 Å². The number of carbonyl (C=O) groups excluding carboxylic acids is 1. The Bertz CT molecular complexity index is 908. The summed E-state index contributed by atoms with van der Waals surface area (Å²) in [6.45, 7) is 0.0986. The van der Waals surface area contributed by atoms with Gasteiger partial charge in [0.2, 0.25) is 11.8 Å². The number of nitrogens with zero attached hydrogens (tertiary/aromatic N) is 4. The lowest BCUT2D eigenvalue weighted by molar-refractivity contribution is -0.384. The van der Waals surface area contributed by atoms with Crippen molar-refractivity contribution < 1.29 is 14.1 Å². The molecule has 0 unspecified atom stereocenters. The van der Waals surface area contributed by atoms with Crippen molar-refractivity contribution in [2.45, 2.75) is 6.54 Å². The summed E-state index contributed by atoms with van der Waals surface area (Å²) in [5, 5.41) is 18.7. The van der Waals surface area contributed by atoms with Crippen molar-refractivity contribution in [1.29, 1.82) is 0 Å². The first-order valence-corrected chi connectivity index (χ1v) is 7.42. The molecule has 1 heterocycles. The summed E-state index contributed by atoms with van der Waals surface area (Å²) in [7, 11) is 1.56. The van der Waals surface area contributed by atoms with Crippen LogP contribution in [0.3, 0.4) is 0 Å². The maximum atomic E-state index is 12.4. The van der Waals surface area contributed by atoms with Crippen LogP contribution in [0.15, 0.2) is 59.0 Å². The van der Waals surface area contributed by atoms with Crippen LogP contribution in [0.2, 0.25) is 0 Å². The van der Waals surface area contributed by atoms with E-state index in [4.69, 9.17) is 4.42 Å². The molecule has 1 amide bonds. The molecule has 0 aliphatic rings. The Morgan fingerprint density at radius 2 is 1.92 bits per heavy atom. The molecular formula is C17H14N4O4. The molecule has 0 N–H and O–H groups in total. The average molecular weight is 338 g/mol. The highest BCUT2D eigenvalue weighted by atomic mass is 16.6. The van der Waals surface area contributed by atoms with Crippen LogP contribution in [-0.4, -0.2) is 33.0 Å². The largest absolute Gasteiger partial charge is 0.419 e. The number of rotatable bonds is 5. The van der Waals surface area contributed by atoms with Crippen LogP contribution in [-0.2, 0) is 6.54 Å². The molecule has 2 aromatic carbocycles. The maximum absolute atomic E-state index is 12.4. The Labute approximate surface area is 142 Å². The van der Waals surface area contributed by atoms with E-state index >= 15 is 0 Å². The summed E-state index contributed by atoms with van der Waals surface area (Å²) in [6.07, 6.45) is 0. The van der Waals surface area contributed by atoms with E-state index in [-0.39, 0.29) is 29.6 Å². The van der Waals surface area contributed by atoms with Gasteiger partial charge >= 0.3 is 0 Å². The Hall–Kier alpha value is -3.55. The number of hydrogen-bond donors (Lipinski definition) is 0. The fourth-order valence-corrected chi connectivity index (χ4v) is 2.26. The van der Waals surface area contributed by atoms with Crippen LogP contribution in [0, 0.1) is 10.1 Å². The molecule has 0 saturated carbocycles. The van der Waals surface area contributed by atoms with Gasteiger partial charge in [-0.3, -0.25) is 14.9 Å². The number of nitro groups is 1. The Balaban J connectivity index is 1.73. The first kappa shape index (κ1) is 16.3. The van der Waals surface area contributed by atoms with Crippen molar-refractivity contribution in [2.75, 3.05) is 7.05 Å². The molecule has 0 aliphatic heterocycles. The first-order valence-electron chi connectivity index (χ1n) is 7.42. The van der Waals surface area contributed by atoms with Gasteiger partial charge in [0, 0.05) is 30.3 Å². The Kier molecular flexibility index (Phi) is 4.51. The molecule has 0 spiro atoms. The van der Waals surface area contributed by atoms with Gasteiger partial charge < -0.3 is 9.32 Å². The van der Waals surface area contributed by atoms with Gasteiger partial charge in [-0.2, -0.15) is 0 Å². The Morgan fingerprint density at radius 1 is 1.16 bits per heavy atom. The molecule has 0 radical (unpaired) electrons. The van der Waals surface area contributed by atoms with Gasteiger partial charge in [-0.1, -0.05) is 24.3 Å². The molecule has 0 fully saturated rings. The molecule has 25 heavy (non-hydrogen) atoms. The van der Waals surface area contributed by atoms with E-state index in [9.17, 15) is 14.9 Å². The van der Waals surface area contributed by atoms with Gasteiger partial charge in [0.05, 0.1) is 11.5 Å². The molecule has 0 aliphatic carbocycles. The summed E-state index contributed by atoms with van der Waals surface area (Å²) in [6, 6.07) is 14.8. The van der Waals surface area contributed by atoms with Crippen molar-refractivity contribution in [3.05, 3.63) is 76.2 Å². The molecule has 0 atom stereocenters. The number of aromatic nitrogens is 2. The lowest BCUT2D eigenvalue weighted by atomic mass is 10.2. The second kappa shape index (κ2) is 6.91. The topological polar surface area (TPSA) is 102 Å². The van der Waals surface area contributed by atoms with Gasteiger partial charge in [-0.15, -0.1) is 10.2 Å². The second-order valence-electron chi connectivity index (χ2n) is 5.34. The van der Waals surface area contributed by atoms with Crippen molar-refractivity contribution in [3.8, 4) is 11.5 Å². The third-order valence-corrected chi connectivity index (χ3v) is 3.51. The lowest BCUT2D eigenvalue weighted by Crippen LogP contribution is -2.26. The molecule has 8 heteroatoms. The van der Waals surface area contributed by atoms with Gasteiger partial charge in [-0.25, -0.2) is 0 Å². The second-order valence-corrected chi connectivity index (χ2v) is 5.34. The van der Waals surface area contributed by atoms with E-state index in [1.807, 2.05) is 30.3 Å². The normalized spacial score (nSPS) is 10.4. The quantitative estimate of drug-likeness (QED) is 0.523. The lowest BCUT2D eigenvalue weighted by Gasteiger charge is -2.14. The predicted molar refractivity (Wildman–Crippen MR) is 88.6 cm³/mol. The van der Waals surface area contributed by atoms with Gasteiger partial charge in [-0.05, 0) is 18.2 Å². The first-order chi connectivity index (χ1) is 12.0. The van der Waals surface area contributed by atoms with Crippen LogP contribution in [0.4, 0.5) is 5.69 Å². The minimum Gasteiger partial charge on any atom is -0.419 e. The molecule has 0 bridgehead atoms. The zero-order chi connectivity index (χ0) is 17.8. The molecule has 0 saturated heterocycles. The summed E-state index contributed by atoms with van der Waals surface area (Å²) in [5.74, 6) is 0.273. The van der Waals surface area contributed by atoms with Crippen LogP contribution >= 0.6 is 0 Å². The van der Waals surface area contributed by atoms with Crippen LogP contribution in [0.1, 0.15) is 16.2 Å². The van der Waals surface area contributed by atoms with Gasteiger partial charge in [0.1, 0.15) is 0 Å². The van der Waals surface area contributed by atoms with E-state index in [0.717, 1.165) is 5.56 Å². The molecule has 3 rings (SSSR count). The fraction of sp³-hybridized carbons (Fsp3) is 0.118. The molecule has 8 nitrogen and oxygen atoms in total. The van der Waals surface area contributed by atoms with Crippen molar-refractivity contribution in [1.82, 2.24) is 15.1 Å². The monoisotopic (exact) mass is 338 g/mol. The predicted octanol–water partition coefficient (Wildman–Crippen LogP) is 2.92. The van der Waals surface area contributed by atoms with Crippen LogP contribution in [0.25, 0.3) is 11.5 Å². The summed E-state index contributed by atoms with van der Waals surface area (Å²) < 4.78 is 5.56. The highest BCUT2D eigenvalue weighted by Crippen LogP contribution is 2.19. The summed E-state index contributed by atoms with van der Waals surface area (Å²) in [4.78, 5) is 24.1. The average Bonchev–Trinajstić information content (AvgIpc) is 3.10. The third kappa shape index (κ3) is 3.69. The van der Waals surface area contributed by atoms with E-state index < -0.39 is 4.92 Å². The SMILES string of the molecule is CN(Cc1nnc(-c2ccccc2)o1)C(=O)c1cccc([N+](=O)[O-])c1. The number of nitro benzene ring substituents is 1. The van der Waals surface area contributed by atoms with Crippen molar-refractivity contribution in [2.24, 2.45) is 0 Å². The maximum Gasteiger partial charge on any atom is 0.270 e. The number of hydrogen-bond acceptors (Lipinski definition) is 6. The van der Waals surface area contributed by atoms with Crippen molar-refractivity contribution >= 4 is 11.6 Å². The number of amides is 1.